The molecule has 0 fully saturated rings. The minimum atomic E-state index is 0.705. The lowest BCUT2D eigenvalue weighted by Gasteiger charge is -1.95. The van der Waals surface area contributed by atoms with Crippen LogP contribution in [0.3, 0.4) is 0 Å². The maximum absolute atomic E-state index is 5.26. The predicted molar refractivity (Wildman–Crippen MR) is 81.0 cm³/mol. The molecule has 0 saturated heterocycles. The van der Waals surface area contributed by atoms with Gasteiger partial charge in [0.2, 0.25) is 11.7 Å². The van der Waals surface area contributed by atoms with Crippen LogP contribution in [0.25, 0.3) is 10.7 Å². The highest BCUT2D eigenvalue weighted by atomic mass is 32.2. The van der Waals surface area contributed by atoms with Crippen LogP contribution in [0, 0.1) is 0 Å². The zero-order valence-electron chi connectivity index (χ0n) is 10.1. The first kappa shape index (κ1) is 12.9. The van der Waals surface area contributed by atoms with Crippen LogP contribution < -0.4 is 0 Å². The van der Waals surface area contributed by atoms with Crippen molar-refractivity contribution in [3.8, 4) is 10.7 Å². The molecule has 0 saturated carbocycles. The Morgan fingerprint density at radius 3 is 2.84 bits per heavy atom. The third-order valence-corrected chi connectivity index (χ3v) is 5.57. The predicted octanol–water partition coefficient (Wildman–Crippen LogP) is 4.58. The molecule has 0 spiro atoms. The molecule has 3 heterocycles. The molecule has 3 nitrogen and oxygen atoms in total. The molecular formula is C13H12N2OS3. The minimum absolute atomic E-state index is 0.705. The quantitative estimate of drug-likeness (QED) is 0.493. The van der Waals surface area contributed by atoms with Crippen molar-refractivity contribution < 1.29 is 4.52 Å². The number of hydrogen-bond acceptors (Lipinski definition) is 6. The van der Waals surface area contributed by atoms with Crippen molar-refractivity contribution in [3.05, 3.63) is 40.9 Å². The molecule has 0 atom stereocenters. The van der Waals surface area contributed by atoms with Crippen LogP contribution in [0.4, 0.5) is 0 Å². The Bertz CT molecular complexity index is 602. The van der Waals surface area contributed by atoms with Crippen LogP contribution in [0.15, 0.2) is 43.8 Å². The first-order chi connectivity index (χ1) is 9.42. The van der Waals surface area contributed by atoms with E-state index in [0.29, 0.717) is 5.82 Å². The number of thiophene rings is 2. The largest absolute Gasteiger partial charge is 0.339 e. The van der Waals surface area contributed by atoms with E-state index >= 15 is 0 Å². The molecule has 0 bridgehead atoms. The smallest absolute Gasteiger partial charge is 0.227 e. The Balaban J connectivity index is 1.48. The third-order valence-electron chi connectivity index (χ3n) is 2.48. The van der Waals surface area contributed by atoms with E-state index in [1.54, 1.807) is 22.7 Å². The van der Waals surface area contributed by atoms with Gasteiger partial charge in [0.05, 0.1) is 9.09 Å². The topological polar surface area (TPSA) is 38.9 Å². The molecule has 0 aliphatic heterocycles. The van der Waals surface area contributed by atoms with Gasteiger partial charge in [0.15, 0.2) is 0 Å². The molecular weight excluding hydrogens is 296 g/mol. The zero-order chi connectivity index (χ0) is 12.9. The second-order valence-corrected chi connectivity index (χ2v) is 7.16. The molecule has 0 aromatic carbocycles. The van der Waals surface area contributed by atoms with Crippen molar-refractivity contribution in [2.45, 2.75) is 17.1 Å². The molecule has 0 amide bonds. The average molecular weight is 308 g/mol. The molecule has 98 valence electrons. The number of nitrogens with zero attached hydrogens (tertiary/aromatic N) is 2. The van der Waals surface area contributed by atoms with Crippen LogP contribution >= 0.6 is 34.4 Å². The number of thioether (sulfide) groups is 1. The Hall–Kier alpha value is -1.11. The van der Waals surface area contributed by atoms with E-state index in [9.17, 15) is 0 Å². The Kier molecular flexibility index (Phi) is 4.32. The van der Waals surface area contributed by atoms with Crippen molar-refractivity contribution in [2.75, 3.05) is 5.75 Å². The van der Waals surface area contributed by atoms with E-state index in [-0.39, 0.29) is 0 Å². The van der Waals surface area contributed by atoms with Gasteiger partial charge in [-0.15, -0.1) is 34.4 Å². The summed E-state index contributed by atoms with van der Waals surface area (Å²) in [6.45, 7) is 0. The van der Waals surface area contributed by atoms with E-state index in [1.807, 2.05) is 29.3 Å². The maximum atomic E-state index is 5.26. The lowest BCUT2D eigenvalue weighted by atomic mass is 10.3. The van der Waals surface area contributed by atoms with Gasteiger partial charge in [-0.2, -0.15) is 4.98 Å². The maximum Gasteiger partial charge on any atom is 0.227 e. The van der Waals surface area contributed by atoms with Gasteiger partial charge >= 0.3 is 0 Å². The first-order valence-corrected chi connectivity index (χ1v) is 8.69. The molecule has 3 rings (SSSR count). The van der Waals surface area contributed by atoms with Crippen LogP contribution in [0.5, 0.6) is 0 Å². The Morgan fingerprint density at radius 1 is 1.16 bits per heavy atom. The van der Waals surface area contributed by atoms with E-state index < -0.39 is 0 Å². The van der Waals surface area contributed by atoms with Gasteiger partial charge in [-0.25, -0.2) is 0 Å². The summed E-state index contributed by atoms with van der Waals surface area (Å²) in [4.78, 5) is 5.47. The second-order valence-electron chi connectivity index (χ2n) is 3.87. The van der Waals surface area contributed by atoms with Gasteiger partial charge < -0.3 is 4.52 Å². The summed E-state index contributed by atoms with van der Waals surface area (Å²) in [5.41, 5.74) is 0. The van der Waals surface area contributed by atoms with Crippen LogP contribution in [-0.4, -0.2) is 15.9 Å². The van der Waals surface area contributed by atoms with Gasteiger partial charge in [-0.05, 0) is 35.1 Å². The summed E-state index contributed by atoms with van der Waals surface area (Å²) in [6.07, 6.45) is 1.89. The summed E-state index contributed by atoms with van der Waals surface area (Å²) in [6, 6.07) is 8.23. The molecule has 0 N–H and O–H groups in total. The fourth-order valence-corrected chi connectivity index (χ4v) is 4.06. The number of hydrogen-bond donors (Lipinski definition) is 0. The fourth-order valence-electron chi connectivity index (χ4n) is 1.60. The SMILES string of the molecule is c1csc(SCCCc2nc(-c3cccs3)no2)c1. The lowest BCUT2D eigenvalue weighted by Crippen LogP contribution is -1.87. The van der Waals surface area contributed by atoms with Crippen LogP contribution in [0.2, 0.25) is 0 Å². The van der Waals surface area contributed by atoms with E-state index in [1.165, 1.54) is 4.21 Å². The van der Waals surface area contributed by atoms with Crippen molar-refractivity contribution in [1.29, 1.82) is 0 Å². The summed E-state index contributed by atoms with van der Waals surface area (Å²) in [7, 11) is 0. The van der Waals surface area contributed by atoms with Gasteiger partial charge in [0.25, 0.3) is 0 Å². The molecule has 3 aromatic rings. The summed E-state index contributed by atoms with van der Waals surface area (Å²) >= 11 is 5.29. The normalized spacial score (nSPS) is 10.9. The van der Waals surface area contributed by atoms with Crippen LogP contribution in [-0.2, 0) is 6.42 Å². The number of rotatable bonds is 6. The van der Waals surface area contributed by atoms with Gasteiger partial charge in [0.1, 0.15) is 0 Å². The van der Waals surface area contributed by atoms with Crippen molar-refractivity contribution in [1.82, 2.24) is 10.1 Å². The Labute approximate surface area is 123 Å². The minimum Gasteiger partial charge on any atom is -0.339 e. The standard InChI is InChI=1S/C13H12N2OS3/c1-4-10(17-7-1)13-14-11(16-15-13)5-2-8-18-12-6-3-9-19-12/h1,3-4,6-7,9H,2,5,8H2. The second kappa shape index (κ2) is 6.36. The molecule has 3 aromatic heterocycles. The third kappa shape index (κ3) is 3.46. The van der Waals surface area contributed by atoms with Crippen molar-refractivity contribution in [3.63, 3.8) is 0 Å². The highest BCUT2D eigenvalue weighted by Crippen LogP contribution is 2.25. The first-order valence-electron chi connectivity index (χ1n) is 5.94. The monoisotopic (exact) mass is 308 g/mol. The molecule has 0 aliphatic rings. The highest BCUT2D eigenvalue weighted by Gasteiger charge is 2.08. The molecule has 0 radical (unpaired) electrons. The van der Waals surface area contributed by atoms with Gasteiger partial charge in [0, 0.05) is 6.42 Å². The van der Waals surface area contributed by atoms with Gasteiger partial charge in [-0.1, -0.05) is 17.3 Å². The highest BCUT2D eigenvalue weighted by molar-refractivity contribution is 8.01. The summed E-state index contributed by atoms with van der Waals surface area (Å²) < 4.78 is 6.63. The molecule has 6 heteroatoms. The molecule has 0 unspecified atom stereocenters. The fraction of sp³-hybridized carbons (Fsp3) is 0.231. The average Bonchev–Trinajstić information content (AvgIpc) is 3.15. The lowest BCUT2D eigenvalue weighted by molar-refractivity contribution is 0.378. The summed E-state index contributed by atoms with van der Waals surface area (Å²) in [5, 5.41) is 8.13. The van der Waals surface area contributed by atoms with E-state index in [2.05, 4.69) is 27.7 Å². The Morgan fingerprint density at radius 2 is 2.05 bits per heavy atom. The van der Waals surface area contributed by atoms with E-state index in [4.69, 9.17) is 4.52 Å². The zero-order valence-corrected chi connectivity index (χ0v) is 12.6. The number of aromatic nitrogens is 2. The van der Waals surface area contributed by atoms with Gasteiger partial charge in [-0.3, -0.25) is 0 Å². The summed E-state index contributed by atoms with van der Waals surface area (Å²) in [5.74, 6) is 2.52. The van der Waals surface area contributed by atoms with Crippen molar-refractivity contribution >= 4 is 34.4 Å². The molecule has 19 heavy (non-hydrogen) atoms. The van der Waals surface area contributed by atoms with Crippen LogP contribution in [0.1, 0.15) is 12.3 Å². The number of aryl methyl sites for hydroxylation is 1. The molecule has 0 aliphatic carbocycles. The van der Waals surface area contributed by atoms with Crippen molar-refractivity contribution in [2.24, 2.45) is 0 Å². The van der Waals surface area contributed by atoms with E-state index in [0.717, 1.165) is 29.4 Å².